The summed E-state index contributed by atoms with van der Waals surface area (Å²) < 4.78 is 11.6. The second-order valence-electron chi connectivity index (χ2n) is 5.65. The number of rotatable bonds is 4. The summed E-state index contributed by atoms with van der Waals surface area (Å²) in [4.78, 5) is 14.6. The lowest BCUT2D eigenvalue weighted by atomic mass is 10.2. The van der Waals surface area contributed by atoms with E-state index in [1.165, 1.54) is 16.7 Å². The van der Waals surface area contributed by atoms with Crippen LogP contribution in [0, 0.1) is 0 Å². The van der Waals surface area contributed by atoms with Crippen LogP contribution in [0.25, 0.3) is 17.4 Å². The highest BCUT2D eigenvalue weighted by Crippen LogP contribution is 2.37. The fourth-order valence-electron chi connectivity index (χ4n) is 2.62. The lowest BCUT2D eigenvalue weighted by molar-refractivity contribution is -0.122. The molecule has 0 aliphatic carbocycles. The molecule has 0 atom stereocenters. The second-order valence-corrected chi connectivity index (χ2v) is 8.14. The van der Waals surface area contributed by atoms with Crippen LogP contribution in [0.15, 0.2) is 62.5 Å². The molecule has 8 heteroatoms. The van der Waals surface area contributed by atoms with E-state index in [9.17, 15) is 4.79 Å². The minimum Gasteiger partial charge on any atom is -0.467 e. The van der Waals surface area contributed by atoms with Crippen LogP contribution in [0.1, 0.15) is 11.5 Å². The Hall–Kier alpha value is -1.99. The first-order valence-corrected chi connectivity index (χ1v) is 9.83. The Balaban J connectivity index is 1.59. The maximum Gasteiger partial charge on any atom is 0.266 e. The molecule has 1 fully saturated rings. The van der Waals surface area contributed by atoms with E-state index in [2.05, 4.69) is 0 Å². The van der Waals surface area contributed by atoms with Crippen LogP contribution in [0.5, 0.6) is 0 Å². The normalized spacial score (nSPS) is 15.9. The lowest BCUT2D eigenvalue weighted by Crippen LogP contribution is -2.27. The number of thiocarbonyl (C=S) groups is 1. The standard InChI is InChI=1S/C19H11Cl2NO3S2/c20-13-4-1-5-14(21)17(13)15-7-6-11(25-15)9-16-18(23)22(19(26)27-16)10-12-3-2-8-24-12/h1-9H,10H2. The van der Waals surface area contributed by atoms with E-state index in [1.54, 1.807) is 54.8 Å². The highest BCUT2D eigenvalue weighted by molar-refractivity contribution is 8.26. The number of hydrogen-bond donors (Lipinski definition) is 0. The van der Waals surface area contributed by atoms with Crippen LogP contribution >= 0.6 is 47.2 Å². The van der Waals surface area contributed by atoms with Gasteiger partial charge in [0.1, 0.15) is 21.6 Å². The Labute approximate surface area is 174 Å². The van der Waals surface area contributed by atoms with Gasteiger partial charge in [0.2, 0.25) is 0 Å². The van der Waals surface area contributed by atoms with Crippen molar-refractivity contribution in [2.24, 2.45) is 0 Å². The van der Waals surface area contributed by atoms with E-state index < -0.39 is 0 Å². The maximum atomic E-state index is 12.7. The first-order valence-electron chi connectivity index (χ1n) is 7.85. The van der Waals surface area contributed by atoms with Gasteiger partial charge in [-0.2, -0.15) is 0 Å². The minimum absolute atomic E-state index is 0.185. The van der Waals surface area contributed by atoms with Crippen molar-refractivity contribution in [2.75, 3.05) is 0 Å². The smallest absolute Gasteiger partial charge is 0.266 e. The topological polar surface area (TPSA) is 46.6 Å². The molecule has 4 rings (SSSR count). The molecule has 27 heavy (non-hydrogen) atoms. The van der Waals surface area contributed by atoms with Crippen molar-refractivity contribution in [1.29, 1.82) is 0 Å². The summed E-state index contributed by atoms with van der Waals surface area (Å²) in [5.41, 5.74) is 0.617. The van der Waals surface area contributed by atoms with Gasteiger partial charge in [-0.3, -0.25) is 9.69 Å². The van der Waals surface area contributed by atoms with Crippen molar-refractivity contribution in [3.63, 3.8) is 0 Å². The number of nitrogens with zero attached hydrogens (tertiary/aromatic N) is 1. The molecule has 136 valence electrons. The summed E-state index contributed by atoms with van der Waals surface area (Å²) in [5, 5.41) is 0.987. The first kappa shape index (κ1) is 18.4. The Morgan fingerprint density at radius 2 is 1.89 bits per heavy atom. The Morgan fingerprint density at radius 3 is 2.59 bits per heavy atom. The van der Waals surface area contributed by atoms with Crippen LogP contribution in [0.3, 0.4) is 0 Å². The summed E-state index contributed by atoms with van der Waals surface area (Å²) in [5.74, 6) is 1.53. The van der Waals surface area contributed by atoms with E-state index in [-0.39, 0.29) is 5.91 Å². The molecule has 0 saturated carbocycles. The summed E-state index contributed by atoms with van der Waals surface area (Å²) in [7, 11) is 0. The predicted molar refractivity (Wildman–Crippen MR) is 112 cm³/mol. The van der Waals surface area contributed by atoms with Crippen molar-refractivity contribution in [1.82, 2.24) is 4.90 Å². The fourth-order valence-corrected chi connectivity index (χ4v) is 4.44. The van der Waals surface area contributed by atoms with E-state index in [4.69, 9.17) is 44.3 Å². The predicted octanol–water partition coefficient (Wildman–Crippen LogP) is 6.25. The largest absolute Gasteiger partial charge is 0.467 e. The van der Waals surface area contributed by atoms with Gasteiger partial charge in [0, 0.05) is 6.08 Å². The molecule has 3 heterocycles. The summed E-state index contributed by atoms with van der Waals surface area (Å²) in [6, 6.07) is 12.3. The number of furan rings is 2. The molecule has 4 nitrogen and oxygen atoms in total. The summed E-state index contributed by atoms with van der Waals surface area (Å²) >= 11 is 19.0. The van der Waals surface area contributed by atoms with Crippen molar-refractivity contribution >= 4 is 63.5 Å². The molecule has 0 spiro atoms. The Morgan fingerprint density at radius 1 is 1.11 bits per heavy atom. The van der Waals surface area contributed by atoms with Crippen LogP contribution in [-0.4, -0.2) is 15.1 Å². The van der Waals surface area contributed by atoms with Crippen LogP contribution < -0.4 is 0 Å². The number of amides is 1. The molecule has 3 aromatic rings. The molecular weight excluding hydrogens is 425 g/mol. The quantitative estimate of drug-likeness (QED) is 0.358. The number of halogens is 2. The highest BCUT2D eigenvalue weighted by Gasteiger charge is 2.32. The molecule has 1 aliphatic heterocycles. The molecule has 0 bridgehead atoms. The first-order chi connectivity index (χ1) is 13.0. The Kier molecular flexibility index (Phi) is 5.14. The maximum absolute atomic E-state index is 12.7. The molecule has 0 N–H and O–H groups in total. The zero-order chi connectivity index (χ0) is 19.0. The third-order valence-corrected chi connectivity index (χ3v) is 5.88. The van der Waals surface area contributed by atoms with E-state index in [0.717, 1.165) is 0 Å². The molecule has 1 amide bonds. The third kappa shape index (κ3) is 3.71. The zero-order valence-electron chi connectivity index (χ0n) is 13.6. The zero-order valence-corrected chi connectivity index (χ0v) is 16.8. The second kappa shape index (κ2) is 7.56. The third-order valence-electron chi connectivity index (χ3n) is 3.88. The number of benzene rings is 1. The minimum atomic E-state index is -0.185. The molecule has 2 aromatic heterocycles. The summed E-state index contributed by atoms with van der Waals surface area (Å²) in [6.07, 6.45) is 3.22. The van der Waals surface area contributed by atoms with Gasteiger partial charge < -0.3 is 8.83 Å². The van der Waals surface area contributed by atoms with Crippen molar-refractivity contribution < 1.29 is 13.6 Å². The molecule has 1 saturated heterocycles. The van der Waals surface area contributed by atoms with Gasteiger partial charge >= 0.3 is 0 Å². The van der Waals surface area contributed by atoms with E-state index >= 15 is 0 Å². The van der Waals surface area contributed by atoms with Crippen LogP contribution in [0.2, 0.25) is 10.0 Å². The monoisotopic (exact) mass is 435 g/mol. The van der Waals surface area contributed by atoms with Crippen molar-refractivity contribution in [2.45, 2.75) is 6.54 Å². The van der Waals surface area contributed by atoms with Crippen molar-refractivity contribution in [3.8, 4) is 11.3 Å². The van der Waals surface area contributed by atoms with Crippen LogP contribution in [-0.2, 0) is 11.3 Å². The molecule has 1 aromatic carbocycles. The fraction of sp³-hybridized carbons (Fsp3) is 0.0526. The molecular formula is C19H11Cl2NO3S2. The van der Waals surface area contributed by atoms with E-state index in [0.29, 0.717) is 48.7 Å². The Bertz CT molecular complexity index is 1040. The van der Waals surface area contributed by atoms with Crippen molar-refractivity contribution in [3.05, 3.63) is 75.2 Å². The van der Waals surface area contributed by atoms with Gasteiger partial charge in [-0.15, -0.1) is 0 Å². The van der Waals surface area contributed by atoms with Gasteiger partial charge in [0.15, 0.2) is 0 Å². The average molecular weight is 436 g/mol. The number of thioether (sulfide) groups is 1. The molecule has 0 radical (unpaired) electrons. The number of hydrogen-bond acceptors (Lipinski definition) is 5. The average Bonchev–Trinajstić information content (AvgIpc) is 3.35. The van der Waals surface area contributed by atoms with Gasteiger partial charge in [0.05, 0.1) is 33.3 Å². The highest BCUT2D eigenvalue weighted by atomic mass is 35.5. The molecule has 0 unspecified atom stereocenters. The SMILES string of the molecule is O=C1C(=Cc2ccc(-c3c(Cl)cccc3Cl)o2)SC(=S)N1Cc1ccco1. The number of carbonyl (C=O) groups excluding carboxylic acids is 1. The lowest BCUT2D eigenvalue weighted by Gasteiger charge is -2.11. The van der Waals surface area contributed by atoms with E-state index in [1.807, 2.05) is 0 Å². The summed E-state index contributed by atoms with van der Waals surface area (Å²) in [6.45, 7) is 0.299. The van der Waals surface area contributed by atoms with Gasteiger partial charge in [-0.25, -0.2) is 0 Å². The van der Waals surface area contributed by atoms with Gasteiger partial charge in [-0.05, 0) is 36.4 Å². The van der Waals surface area contributed by atoms with Gasteiger partial charge in [-0.1, -0.05) is 53.2 Å². The number of carbonyl (C=O) groups is 1. The van der Waals surface area contributed by atoms with Gasteiger partial charge in [0.25, 0.3) is 5.91 Å². The molecule has 1 aliphatic rings. The van der Waals surface area contributed by atoms with Crippen LogP contribution in [0.4, 0.5) is 0 Å².